The van der Waals surface area contributed by atoms with Crippen molar-refractivity contribution < 1.29 is 36.2 Å². The van der Waals surface area contributed by atoms with Crippen molar-refractivity contribution in [2.24, 2.45) is 13.0 Å². The predicted octanol–water partition coefficient (Wildman–Crippen LogP) is 4.09. The van der Waals surface area contributed by atoms with Crippen LogP contribution in [0.2, 0.25) is 0 Å². The van der Waals surface area contributed by atoms with Crippen LogP contribution in [-0.4, -0.2) is 40.4 Å². The highest BCUT2D eigenvalue weighted by atomic mass is 19.4. The number of methoxy groups -OCH3 is 1. The van der Waals surface area contributed by atoms with Gasteiger partial charge in [0.15, 0.2) is 17.2 Å². The summed E-state index contributed by atoms with van der Waals surface area (Å²) in [6, 6.07) is 1.89. The van der Waals surface area contributed by atoms with Crippen LogP contribution in [0.25, 0.3) is 0 Å². The van der Waals surface area contributed by atoms with E-state index in [4.69, 9.17) is 9.47 Å². The number of hydrogen-bond acceptors (Lipinski definition) is 4. The Morgan fingerprint density at radius 3 is 2.48 bits per heavy atom. The lowest BCUT2D eigenvalue weighted by Gasteiger charge is -2.32. The zero-order valence-electron chi connectivity index (χ0n) is 17.5. The van der Waals surface area contributed by atoms with Crippen molar-refractivity contribution in [3.05, 3.63) is 41.4 Å². The summed E-state index contributed by atoms with van der Waals surface area (Å²) < 4.78 is 81.5. The molecule has 31 heavy (non-hydrogen) atoms. The number of amides is 1. The van der Waals surface area contributed by atoms with Crippen molar-refractivity contribution >= 4 is 11.7 Å². The Kier molecular flexibility index (Phi) is 5.76. The number of carbonyl (C=O) groups excluding carboxylic acids is 1. The Hall–Kier alpha value is -2.69. The molecule has 2 heterocycles. The highest BCUT2D eigenvalue weighted by Gasteiger charge is 2.65. The van der Waals surface area contributed by atoms with E-state index in [1.165, 1.54) is 17.7 Å². The molecule has 1 fully saturated rings. The van der Waals surface area contributed by atoms with Crippen LogP contribution in [0.1, 0.15) is 31.2 Å². The summed E-state index contributed by atoms with van der Waals surface area (Å²) in [5, 5.41) is 2.51. The number of ether oxygens (including phenoxy) is 2. The van der Waals surface area contributed by atoms with E-state index in [2.05, 4.69) is 10.3 Å². The smallest absolute Gasteiger partial charge is 0.417 e. The van der Waals surface area contributed by atoms with Gasteiger partial charge in [-0.25, -0.2) is 9.37 Å². The maximum absolute atomic E-state index is 14.3. The molecule has 0 saturated carbocycles. The molecular formula is C20H22F5N3O3. The van der Waals surface area contributed by atoms with E-state index in [0.29, 0.717) is 5.82 Å². The molecule has 0 radical (unpaired) electrons. The van der Waals surface area contributed by atoms with Crippen molar-refractivity contribution in [3.63, 3.8) is 0 Å². The number of aryl methyl sites for hydroxylation is 1. The minimum atomic E-state index is -4.82. The van der Waals surface area contributed by atoms with Crippen LogP contribution in [0, 0.1) is 24.5 Å². The molecule has 0 aliphatic carbocycles. The van der Waals surface area contributed by atoms with Crippen LogP contribution >= 0.6 is 0 Å². The number of aromatic nitrogens is 2. The van der Waals surface area contributed by atoms with Gasteiger partial charge in [-0.05, 0) is 19.9 Å². The number of benzene rings is 1. The van der Waals surface area contributed by atoms with E-state index in [-0.39, 0.29) is 11.4 Å². The second kappa shape index (κ2) is 7.77. The lowest BCUT2D eigenvalue weighted by Crippen LogP contribution is -2.47. The molecular weight excluding hydrogens is 425 g/mol. The molecule has 1 aromatic carbocycles. The minimum Gasteiger partial charge on any atom is -0.493 e. The molecule has 2 aromatic rings. The normalized spacial score (nSPS) is 26.2. The average Bonchev–Trinajstić information content (AvgIpc) is 3.15. The van der Waals surface area contributed by atoms with Crippen molar-refractivity contribution in [2.45, 2.75) is 44.6 Å². The van der Waals surface area contributed by atoms with Gasteiger partial charge in [0.25, 0.3) is 5.91 Å². The quantitative estimate of drug-likeness (QED) is 0.717. The van der Waals surface area contributed by atoms with Gasteiger partial charge >= 0.3 is 6.18 Å². The van der Waals surface area contributed by atoms with Gasteiger partial charge < -0.3 is 19.4 Å². The van der Waals surface area contributed by atoms with Crippen molar-refractivity contribution in [1.29, 1.82) is 0 Å². The minimum absolute atomic E-state index is 0.0942. The predicted molar refractivity (Wildman–Crippen MR) is 101 cm³/mol. The SMILES string of the molecule is COc1c([C@H]2[C@H](C(=O)Nc3cnc(C)n3C)O[C@@](C)(C(F)(F)F)[C@H]2C)ccc(F)c1F. The maximum atomic E-state index is 14.3. The number of nitrogens with zero attached hydrogens (tertiary/aromatic N) is 2. The summed E-state index contributed by atoms with van der Waals surface area (Å²) in [4.78, 5) is 17.0. The van der Waals surface area contributed by atoms with Crippen molar-refractivity contribution in [1.82, 2.24) is 9.55 Å². The largest absolute Gasteiger partial charge is 0.493 e. The molecule has 1 aliphatic rings. The lowest BCUT2D eigenvalue weighted by atomic mass is 9.77. The molecule has 0 spiro atoms. The molecule has 0 bridgehead atoms. The van der Waals surface area contributed by atoms with Gasteiger partial charge in [-0.15, -0.1) is 0 Å². The number of halogens is 5. The summed E-state index contributed by atoms with van der Waals surface area (Å²) in [7, 11) is 2.68. The molecule has 0 unspecified atom stereocenters. The Morgan fingerprint density at radius 2 is 1.97 bits per heavy atom. The van der Waals surface area contributed by atoms with Gasteiger partial charge in [0.1, 0.15) is 17.7 Å². The second-order valence-electron chi connectivity index (χ2n) is 7.68. The molecule has 1 N–H and O–H groups in total. The van der Waals surface area contributed by atoms with E-state index < -0.39 is 53.0 Å². The summed E-state index contributed by atoms with van der Waals surface area (Å²) in [5.74, 6) is -5.81. The Labute approximate surface area is 175 Å². The first-order valence-corrected chi connectivity index (χ1v) is 9.39. The monoisotopic (exact) mass is 447 g/mol. The van der Waals surface area contributed by atoms with Crippen molar-refractivity contribution in [2.75, 3.05) is 12.4 Å². The van der Waals surface area contributed by atoms with E-state index >= 15 is 0 Å². The van der Waals surface area contributed by atoms with Gasteiger partial charge in [-0.3, -0.25) is 4.79 Å². The molecule has 4 atom stereocenters. The van der Waals surface area contributed by atoms with E-state index in [1.807, 2.05) is 0 Å². The Morgan fingerprint density at radius 1 is 1.32 bits per heavy atom. The fourth-order valence-corrected chi connectivity index (χ4v) is 3.86. The average molecular weight is 447 g/mol. The zero-order chi connectivity index (χ0) is 23.3. The number of hydrogen-bond donors (Lipinski definition) is 1. The Balaban J connectivity index is 2.10. The summed E-state index contributed by atoms with van der Waals surface area (Å²) >= 11 is 0. The third kappa shape index (κ3) is 3.64. The van der Waals surface area contributed by atoms with Gasteiger partial charge in [0, 0.05) is 24.4 Å². The Bertz CT molecular complexity index is 1010. The first-order valence-electron chi connectivity index (χ1n) is 9.39. The maximum Gasteiger partial charge on any atom is 0.417 e. The zero-order valence-corrected chi connectivity index (χ0v) is 17.5. The third-order valence-electron chi connectivity index (χ3n) is 6.04. The topological polar surface area (TPSA) is 65.4 Å². The number of carbonyl (C=O) groups is 1. The summed E-state index contributed by atoms with van der Waals surface area (Å²) in [6.45, 7) is 3.76. The number of imidazole rings is 1. The fourth-order valence-electron chi connectivity index (χ4n) is 3.86. The highest BCUT2D eigenvalue weighted by Crippen LogP contribution is 2.54. The van der Waals surface area contributed by atoms with Crippen LogP contribution < -0.4 is 10.1 Å². The molecule has 1 saturated heterocycles. The molecule has 3 rings (SSSR count). The van der Waals surface area contributed by atoms with Gasteiger partial charge in [0.05, 0.1) is 13.3 Å². The molecule has 1 aliphatic heterocycles. The molecule has 6 nitrogen and oxygen atoms in total. The molecule has 11 heteroatoms. The first kappa shape index (κ1) is 23.0. The molecule has 170 valence electrons. The first-order chi connectivity index (χ1) is 14.3. The van der Waals surface area contributed by atoms with Gasteiger partial charge in [-0.1, -0.05) is 13.0 Å². The summed E-state index contributed by atoms with van der Waals surface area (Å²) in [5.41, 5.74) is -2.80. The fraction of sp³-hybridized carbons (Fsp3) is 0.500. The van der Waals surface area contributed by atoms with Crippen LogP contribution in [0.15, 0.2) is 18.3 Å². The third-order valence-corrected chi connectivity index (χ3v) is 6.04. The number of anilines is 1. The van der Waals surface area contributed by atoms with Crippen molar-refractivity contribution in [3.8, 4) is 5.75 Å². The van der Waals surface area contributed by atoms with Gasteiger partial charge in [0.2, 0.25) is 5.82 Å². The molecule has 1 aromatic heterocycles. The van der Waals surface area contributed by atoms with Crippen LogP contribution in [-0.2, 0) is 16.6 Å². The molecule has 1 amide bonds. The van der Waals surface area contributed by atoms with Gasteiger partial charge in [-0.2, -0.15) is 17.6 Å². The van der Waals surface area contributed by atoms with Crippen LogP contribution in [0.5, 0.6) is 5.75 Å². The van der Waals surface area contributed by atoms with E-state index in [9.17, 15) is 26.7 Å². The summed E-state index contributed by atoms with van der Waals surface area (Å²) in [6.07, 6.45) is -5.13. The number of nitrogens with one attached hydrogen (secondary N) is 1. The van der Waals surface area contributed by atoms with Crippen LogP contribution in [0.4, 0.5) is 27.8 Å². The lowest BCUT2D eigenvalue weighted by molar-refractivity contribution is -0.272. The number of rotatable bonds is 4. The number of alkyl halides is 3. The highest BCUT2D eigenvalue weighted by molar-refractivity contribution is 5.94. The van der Waals surface area contributed by atoms with Crippen LogP contribution in [0.3, 0.4) is 0 Å². The van der Waals surface area contributed by atoms with E-state index in [0.717, 1.165) is 26.2 Å². The second-order valence-corrected chi connectivity index (χ2v) is 7.68. The standard InChI is InChI=1S/C20H22F5N3O3/c1-9-14(11-6-7-12(21)15(22)16(11)30-5)17(31-19(9,3)20(23,24)25)18(29)27-13-8-26-10(2)28(13)4/h6-9,14,17H,1-5H3,(H,27,29)/t9-,14-,17+,19+/m0/s1. The van der Waals surface area contributed by atoms with E-state index in [1.54, 1.807) is 14.0 Å².